The molecule has 0 radical (unpaired) electrons. The maximum Gasteiger partial charge on any atom is 0.0637 e. The standard InChI is InChI=1S/C15H24ClNO/c1-11(10-15(3,4)18-5)17-12(2)13-6-8-14(16)9-7-13/h6-9,11-12,17H,10H2,1-5H3/t11?,12-/m1/s1. The summed E-state index contributed by atoms with van der Waals surface area (Å²) in [7, 11) is 1.76. The molecule has 0 amide bonds. The number of rotatable bonds is 6. The Bertz CT molecular complexity index is 361. The van der Waals surface area contributed by atoms with Crippen molar-refractivity contribution >= 4 is 11.6 Å². The van der Waals surface area contributed by atoms with Gasteiger partial charge in [-0.15, -0.1) is 0 Å². The molecule has 0 fully saturated rings. The summed E-state index contributed by atoms with van der Waals surface area (Å²) in [5.41, 5.74) is 1.16. The van der Waals surface area contributed by atoms with Gasteiger partial charge < -0.3 is 10.1 Å². The van der Waals surface area contributed by atoms with E-state index in [2.05, 4.69) is 45.1 Å². The number of nitrogens with one attached hydrogen (secondary N) is 1. The molecule has 0 aliphatic rings. The van der Waals surface area contributed by atoms with Crippen LogP contribution in [0.1, 0.15) is 45.7 Å². The molecule has 1 aromatic carbocycles. The van der Waals surface area contributed by atoms with Gasteiger partial charge in [0.15, 0.2) is 0 Å². The third-order valence-electron chi connectivity index (χ3n) is 3.25. The van der Waals surface area contributed by atoms with E-state index in [1.54, 1.807) is 7.11 Å². The van der Waals surface area contributed by atoms with Crippen LogP contribution in [0.3, 0.4) is 0 Å². The number of benzene rings is 1. The van der Waals surface area contributed by atoms with Crippen LogP contribution in [0.4, 0.5) is 0 Å². The molecule has 0 aromatic heterocycles. The van der Waals surface area contributed by atoms with Crippen molar-refractivity contribution in [1.82, 2.24) is 5.32 Å². The van der Waals surface area contributed by atoms with E-state index in [0.717, 1.165) is 11.4 Å². The normalized spacial score (nSPS) is 15.4. The third-order valence-corrected chi connectivity index (χ3v) is 3.51. The van der Waals surface area contributed by atoms with Gasteiger partial charge in [0, 0.05) is 24.2 Å². The smallest absolute Gasteiger partial charge is 0.0637 e. The number of halogens is 1. The van der Waals surface area contributed by atoms with Crippen molar-refractivity contribution < 1.29 is 4.74 Å². The zero-order chi connectivity index (χ0) is 13.8. The van der Waals surface area contributed by atoms with Crippen LogP contribution in [-0.4, -0.2) is 18.8 Å². The molecule has 0 bridgehead atoms. The molecule has 0 aliphatic heterocycles. The minimum atomic E-state index is -0.0911. The zero-order valence-corrected chi connectivity index (χ0v) is 12.7. The average molecular weight is 270 g/mol. The zero-order valence-electron chi connectivity index (χ0n) is 12.0. The summed E-state index contributed by atoms with van der Waals surface area (Å²) in [6.45, 7) is 8.57. The molecule has 1 rings (SSSR count). The third kappa shape index (κ3) is 4.97. The Kier molecular flexibility index (Phi) is 5.64. The summed E-state index contributed by atoms with van der Waals surface area (Å²) in [5, 5.41) is 4.36. The molecule has 102 valence electrons. The summed E-state index contributed by atoms with van der Waals surface area (Å²) in [6.07, 6.45) is 0.974. The Morgan fingerprint density at radius 1 is 1.22 bits per heavy atom. The number of ether oxygens (including phenoxy) is 1. The van der Waals surface area contributed by atoms with Gasteiger partial charge >= 0.3 is 0 Å². The topological polar surface area (TPSA) is 21.3 Å². The second-order valence-electron chi connectivity index (χ2n) is 5.51. The average Bonchev–Trinajstić information content (AvgIpc) is 2.29. The van der Waals surface area contributed by atoms with Crippen molar-refractivity contribution in [2.75, 3.05) is 7.11 Å². The Hall–Kier alpha value is -0.570. The van der Waals surface area contributed by atoms with Gasteiger partial charge in [-0.25, -0.2) is 0 Å². The van der Waals surface area contributed by atoms with E-state index in [-0.39, 0.29) is 5.60 Å². The van der Waals surface area contributed by atoms with Crippen LogP contribution in [0, 0.1) is 0 Å². The summed E-state index contributed by atoms with van der Waals surface area (Å²) < 4.78 is 5.45. The fourth-order valence-electron chi connectivity index (χ4n) is 2.15. The second-order valence-corrected chi connectivity index (χ2v) is 5.95. The first-order valence-electron chi connectivity index (χ1n) is 6.41. The molecule has 0 saturated heterocycles. The van der Waals surface area contributed by atoms with Crippen LogP contribution < -0.4 is 5.32 Å². The first-order valence-corrected chi connectivity index (χ1v) is 6.78. The number of hydrogen-bond acceptors (Lipinski definition) is 2. The minimum absolute atomic E-state index is 0.0911. The van der Waals surface area contributed by atoms with Gasteiger partial charge in [-0.05, 0) is 51.8 Å². The predicted molar refractivity (Wildman–Crippen MR) is 78.2 cm³/mol. The second kappa shape index (κ2) is 6.55. The SMILES string of the molecule is COC(C)(C)CC(C)N[C@H](C)c1ccc(Cl)cc1. The minimum Gasteiger partial charge on any atom is -0.379 e. The Balaban J connectivity index is 2.54. The molecule has 3 heteroatoms. The van der Waals surface area contributed by atoms with Gasteiger partial charge in [-0.1, -0.05) is 23.7 Å². The van der Waals surface area contributed by atoms with Gasteiger partial charge in [-0.2, -0.15) is 0 Å². The van der Waals surface area contributed by atoms with Crippen LogP contribution in [0.25, 0.3) is 0 Å². The number of methoxy groups -OCH3 is 1. The Morgan fingerprint density at radius 3 is 2.28 bits per heavy atom. The predicted octanol–water partition coefficient (Wildman–Crippen LogP) is 4.19. The molecule has 0 aliphatic carbocycles. The molecule has 0 saturated carbocycles. The van der Waals surface area contributed by atoms with E-state index in [9.17, 15) is 0 Å². The lowest BCUT2D eigenvalue weighted by atomic mass is 9.98. The first kappa shape index (κ1) is 15.5. The number of hydrogen-bond donors (Lipinski definition) is 1. The van der Waals surface area contributed by atoms with Gasteiger partial charge in [0.1, 0.15) is 0 Å². The van der Waals surface area contributed by atoms with E-state index < -0.39 is 0 Å². The van der Waals surface area contributed by atoms with E-state index >= 15 is 0 Å². The summed E-state index contributed by atoms with van der Waals surface area (Å²) in [5.74, 6) is 0. The van der Waals surface area contributed by atoms with Crippen molar-refractivity contribution in [3.05, 3.63) is 34.9 Å². The van der Waals surface area contributed by atoms with E-state index in [1.807, 2.05) is 12.1 Å². The van der Waals surface area contributed by atoms with Gasteiger partial charge in [0.05, 0.1) is 5.60 Å². The molecular weight excluding hydrogens is 246 g/mol. The van der Waals surface area contributed by atoms with Crippen molar-refractivity contribution in [1.29, 1.82) is 0 Å². The fraction of sp³-hybridized carbons (Fsp3) is 0.600. The van der Waals surface area contributed by atoms with Gasteiger partial charge in [-0.3, -0.25) is 0 Å². The fourth-order valence-corrected chi connectivity index (χ4v) is 2.28. The molecule has 1 N–H and O–H groups in total. The highest BCUT2D eigenvalue weighted by molar-refractivity contribution is 6.30. The molecule has 1 aromatic rings. The van der Waals surface area contributed by atoms with Crippen LogP contribution in [-0.2, 0) is 4.74 Å². The van der Waals surface area contributed by atoms with E-state index in [1.165, 1.54) is 5.56 Å². The highest BCUT2D eigenvalue weighted by Gasteiger charge is 2.21. The molecule has 2 nitrogen and oxygen atoms in total. The van der Waals surface area contributed by atoms with Crippen molar-refractivity contribution in [2.24, 2.45) is 0 Å². The Morgan fingerprint density at radius 2 is 1.78 bits per heavy atom. The maximum absolute atomic E-state index is 5.89. The molecule has 1 unspecified atom stereocenters. The first-order chi connectivity index (χ1) is 8.34. The lowest BCUT2D eigenvalue weighted by Gasteiger charge is -2.29. The Labute approximate surface area is 116 Å². The molecule has 2 atom stereocenters. The summed E-state index contributed by atoms with van der Waals surface area (Å²) >= 11 is 5.89. The largest absolute Gasteiger partial charge is 0.379 e. The van der Waals surface area contributed by atoms with Crippen LogP contribution in [0.2, 0.25) is 5.02 Å². The highest BCUT2D eigenvalue weighted by Crippen LogP contribution is 2.20. The highest BCUT2D eigenvalue weighted by atomic mass is 35.5. The lowest BCUT2D eigenvalue weighted by molar-refractivity contribution is 0.00782. The van der Waals surface area contributed by atoms with Crippen LogP contribution >= 0.6 is 11.6 Å². The van der Waals surface area contributed by atoms with Crippen LogP contribution in [0.5, 0.6) is 0 Å². The van der Waals surface area contributed by atoms with Gasteiger partial charge in [0.2, 0.25) is 0 Å². The molecule has 18 heavy (non-hydrogen) atoms. The van der Waals surface area contributed by atoms with Crippen molar-refractivity contribution in [3.8, 4) is 0 Å². The van der Waals surface area contributed by atoms with E-state index in [4.69, 9.17) is 16.3 Å². The van der Waals surface area contributed by atoms with Gasteiger partial charge in [0.25, 0.3) is 0 Å². The van der Waals surface area contributed by atoms with Crippen LogP contribution in [0.15, 0.2) is 24.3 Å². The monoisotopic (exact) mass is 269 g/mol. The summed E-state index contributed by atoms with van der Waals surface area (Å²) in [4.78, 5) is 0. The summed E-state index contributed by atoms with van der Waals surface area (Å²) in [6, 6.07) is 8.69. The van der Waals surface area contributed by atoms with Crippen molar-refractivity contribution in [3.63, 3.8) is 0 Å². The molecule has 0 spiro atoms. The van der Waals surface area contributed by atoms with Crippen molar-refractivity contribution in [2.45, 2.75) is 51.8 Å². The quantitative estimate of drug-likeness (QED) is 0.836. The molecular formula is C15H24ClNO. The molecule has 0 heterocycles. The van der Waals surface area contributed by atoms with E-state index in [0.29, 0.717) is 12.1 Å². The maximum atomic E-state index is 5.89. The lowest BCUT2D eigenvalue weighted by Crippen LogP contribution is -2.36.